The van der Waals surface area contributed by atoms with Gasteiger partial charge in [0.25, 0.3) is 0 Å². The van der Waals surface area contributed by atoms with Gasteiger partial charge in [-0.1, -0.05) is 12.1 Å². The highest BCUT2D eigenvalue weighted by Gasteiger charge is 2.06. The molecule has 3 N–H and O–H groups in total. The lowest BCUT2D eigenvalue weighted by Crippen LogP contribution is -2.26. The van der Waals surface area contributed by atoms with Crippen molar-refractivity contribution < 1.29 is 39.1 Å². The monoisotopic (exact) mass is 387 g/mol. The first-order valence-electron chi connectivity index (χ1n) is 8.49. The molecule has 0 amide bonds. The van der Waals surface area contributed by atoms with E-state index in [2.05, 4.69) is 0 Å². The molecule has 1 aromatic carbocycles. The second kappa shape index (κ2) is 14.8. The van der Waals surface area contributed by atoms with Gasteiger partial charge in [-0.3, -0.25) is 0 Å². The fourth-order valence-corrected chi connectivity index (χ4v) is 1.74. The summed E-state index contributed by atoms with van der Waals surface area (Å²) in [5, 5.41) is 23.6. The van der Waals surface area contributed by atoms with Crippen LogP contribution in [0.3, 0.4) is 0 Å². The lowest BCUT2D eigenvalue weighted by atomic mass is 10.3. The van der Waals surface area contributed by atoms with E-state index in [1.165, 1.54) is 0 Å². The first-order valence-corrected chi connectivity index (χ1v) is 8.49. The van der Waals surface area contributed by atoms with E-state index in [-0.39, 0.29) is 12.7 Å². The molecule has 0 bridgehead atoms. The van der Waals surface area contributed by atoms with Gasteiger partial charge in [0.2, 0.25) is 0 Å². The molecular weight excluding hydrogens is 358 g/mol. The Morgan fingerprint density at radius 3 is 2.11 bits per heavy atom. The van der Waals surface area contributed by atoms with Crippen LogP contribution < -0.4 is 9.47 Å². The molecule has 9 nitrogen and oxygen atoms in total. The Kier molecular flexibility index (Phi) is 13.5. The number of aliphatic hydroxyl groups is 1. The Balaban J connectivity index is 0.000000972. The van der Waals surface area contributed by atoms with Crippen LogP contribution >= 0.6 is 0 Å². The molecule has 0 atom stereocenters. The van der Waals surface area contributed by atoms with Crippen LogP contribution in [0, 0.1) is 0 Å². The second-order valence-corrected chi connectivity index (χ2v) is 5.71. The second-order valence-electron chi connectivity index (χ2n) is 5.71. The number of ether oxygens (including phenoxy) is 3. The van der Waals surface area contributed by atoms with Crippen LogP contribution in [-0.2, 0) is 14.3 Å². The van der Waals surface area contributed by atoms with Crippen LogP contribution in [0.2, 0.25) is 0 Å². The average Bonchev–Trinajstić information content (AvgIpc) is 2.59. The fourth-order valence-electron chi connectivity index (χ4n) is 1.74. The summed E-state index contributed by atoms with van der Waals surface area (Å²) in [6, 6.07) is 7.65. The molecule has 0 aliphatic carbocycles. The van der Waals surface area contributed by atoms with Crippen LogP contribution in [0.25, 0.3) is 0 Å². The van der Waals surface area contributed by atoms with Crippen LogP contribution in [0.15, 0.2) is 24.3 Å². The number of aliphatic carboxylic acids is 2. The highest BCUT2D eigenvalue weighted by molar-refractivity contribution is 6.27. The highest BCUT2D eigenvalue weighted by Crippen LogP contribution is 2.27. The molecule has 0 saturated carbocycles. The van der Waals surface area contributed by atoms with E-state index in [4.69, 9.17) is 39.1 Å². The third-order valence-electron chi connectivity index (χ3n) is 2.98. The summed E-state index contributed by atoms with van der Waals surface area (Å²) in [6.45, 7) is 7.26. The van der Waals surface area contributed by atoms with E-state index in [0.29, 0.717) is 26.4 Å². The fraction of sp³-hybridized carbons (Fsp3) is 0.556. The third kappa shape index (κ3) is 13.5. The number of hydrogen-bond donors (Lipinski definition) is 3. The van der Waals surface area contributed by atoms with Gasteiger partial charge >= 0.3 is 11.9 Å². The summed E-state index contributed by atoms with van der Waals surface area (Å²) in [7, 11) is 1.95. The summed E-state index contributed by atoms with van der Waals surface area (Å²) in [6.07, 6.45) is 0.119. The number of rotatable bonds is 11. The lowest BCUT2D eigenvalue weighted by molar-refractivity contribution is -0.159. The number of benzene rings is 1. The quantitative estimate of drug-likeness (QED) is 0.376. The van der Waals surface area contributed by atoms with E-state index in [1.807, 2.05) is 50.1 Å². The Labute approximate surface area is 159 Å². The van der Waals surface area contributed by atoms with Gasteiger partial charge in [-0.05, 0) is 33.0 Å². The number of nitrogens with zero attached hydrogens (tertiary/aromatic N) is 1. The van der Waals surface area contributed by atoms with Gasteiger partial charge in [-0.2, -0.15) is 0 Å². The molecule has 154 valence electrons. The van der Waals surface area contributed by atoms with Gasteiger partial charge in [0, 0.05) is 13.1 Å². The number of para-hydroxylation sites is 2. The van der Waals surface area contributed by atoms with Crippen molar-refractivity contribution in [1.29, 1.82) is 0 Å². The van der Waals surface area contributed by atoms with Gasteiger partial charge in [-0.15, -0.1) is 0 Å². The zero-order chi connectivity index (χ0) is 20.7. The topological polar surface area (TPSA) is 126 Å². The van der Waals surface area contributed by atoms with Crippen molar-refractivity contribution in [2.75, 3.05) is 46.6 Å². The van der Waals surface area contributed by atoms with Gasteiger partial charge in [-0.25, -0.2) is 9.59 Å². The number of carbonyl (C=O) groups is 2. The average molecular weight is 387 g/mol. The van der Waals surface area contributed by atoms with Crippen LogP contribution in [0.4, 0.5) is 0 Å². The summed E-state index contributed by atoms with van der Waals surface area (Å²) in [5.74, 6) is -2.15. The number of carboxylic acids is 2. The molecule has 1 aromatic rings. The number of aliphatic hydroxyl groups excluding tert-OH is 1. The summed E-state index contributed by atoms with van der Waals surface area (Å²) in [5.41, 5.74) is 0. The molecule has 0 saturated heterocycles. The van der Waals surface area contributed by atoms with Crippen molar-refractivity contribution in [3.8, 4) is 11.5 Å². The maximum Gasteiger partial charge on any atom is 0.414 e. The number of carboxylic acid groups (broad SMARTS) is 2. The molecule has 0 spiro atoms. The standard InChI is InChI=1S/C16H27NO4.C2H2O4/c1-14(2)21-16-7-5-4-6-15(16)20-13-12-19-11-9-17(3)8-10-18;3-1(4)2(5)6/h4-7,14,18H,8-13H2,1-3H3;(H,3,4)(H,5,6). The molecule has 0 unspecified atom stereocenters. The number of likely N-dealkylation sites (N-methyl/N-ethyl adjacent to an activating group) is 1. The zero-order valence-electron chi connectivity index (χ0n) is 16.0. The molecule has 0 radical (unpaired) electrons. The maximum atomic E-state index is 9.10. The van der Waals surface area contributed by atoms with E-state index in [9.17, 15) is 0 Å². The van der Waals surface area contributed by atoms with Crippen LogP contribution in [0.5, 0.6) is 11.5 Å². The van der Waals surface area contributed by atoms with Crippen molar-refractivity contribution >= 4 is 11.9 Å². The first-order chi connectivity index (χ1) is 12.8. The molecule has 0 aliphatic heterocycles. The first kappa shape index (κ1) is 24.6. The van der Waals surface area contributed by atoms with E-state index in [0.717, 1.165) is 18.0 Å². The van der Waals surface area contributed by atoms with Crippen LogP contribution in [-0.4, -0.2) is 84.8 Å². The van der Waals surface area contributed by atoms with Gasteiger partial charge < -0.3 is 34.4 Å². The van der Waals surface area contributed by atoms with E-state index in [1.54, 1.807) is 0 Å². The molecule has 1 rings (SSSR count). The molecule has 0 heterocycles. The van der Waals surface area contributed by atoms with Crippen molar-refractivity contribution in [3.05, 3.63) is 24.3 Å². The van der Waals surface area contributed by atoms with Crippen LogP contribution in [0.1, 0.15) is 13.8 Å². The van der Waals surface area contributed by atoms with E-state index >= 15 is 0 Å². The highest BCUT2D eigenvalue weighted by atomic mass is 16.5. The predicted molar refractivity (Wildman–Crippen MR) is 98.4 cm³/mol. The maximum absolute atomic E-state index is 9.10. The largest absolute Gasteiger partial charge is 0.487 e. The lowest BCUT2D eigenvalue weighted by Gasteiger charge is -2.16. The minimum absolute atomic E-state index is 0.119. The van der Waals surface area contributed by atoms with Crippen molar-refractivity contribution in [2.45, 2.75) is 20.0 Å². The minimum atomic E-state index is -1.82. The Morgan fingerprint density at radius 2 is 1.59 bits per heavy atom. The Morgan fingerprint density at radius 1 is 1.00 bits per heavy atom. The van der Waals surface area contributed by atoms with Gasteiger partial charge in [0.05, 0.1) is 25.9 Å². The van der Waals surface area contributed by atoms with Gasteiger partial charge in [0.1, 0.15) is 6.61 Å². The SMILES string of the molecule is CC(C)Oc1ccccc1OCCOCCN(C)CCO.O=C(O)C(=O)O. The minimum Gasteiger partial charge on any atom is -0.487 e. The summed E-state index contributed by atoms with van der Waals surface area (Å²) >= 11 is 0. The molecule has 0 fully saturated rings. The molecule has 9 heteroatoms. The summed E-state index contributed by atoms with van der Waals surface area (Å²) in [4.78, 5) is 20.2. The Bertz CT molecular complexity index is 538. The zero-order valence-corrected chi connectivity index (χ0v) is 16.0. The van der Waals surface area contributed by atoms with Crippen molar-refractivity contribution in [3.63, 3.8) is 0 Å². The smallest absolute Gasteiger partial charge is 0.414 e. The molecular formula is C18H29NO8. The van der Waals surface area contributed by atoms with Crippen molar-refractivity contribution in [2.24, 2.45) is 0 Å². The third-order valence-corrected chi connectivity index (χ3v) is 2.98. The van der Waals surface area contributed by atoms with Gasteiger partial charge in [0.15, 0.2) is 11.5 Å². The Hall–Kier alpha value is -2.36. The number of hydrogen-bond acceptors (Lipinski definition) is 7. The van der Waals surface area contributed by atoms with Crippen molar-refractivity contribution in [1.82, 2.24) is 4.90 Å². The molecule has 0 aromatic heterocycles. The normalized spacial score (nSPS) is 10.3. The predicted octanol–water partition coefficient (Wildman–Crippen LogP) is 0.949. The summed E-state index contributed by atoms with van der Waals surface area (Å²) < 4.78 is 16.9. The molecule has 0 aliphatic rings. The molecule has 27 heavy (non-hydrogen) atoms. The van der Waals surface area contributed by atoms with E-state index < -0.39 is 11.9 Å².